The molecule has 126 valence electrons. The minimum Gasteiger partial charge on any atom is -0.478 e. The number of aromatic carboxylic acids is 1. The van der Waals surface area contributed by atoms with Gasteiger partial charge in [-0.25, -0.2) is 9.78 Å². The van der Waals surface area contributed by atoms with Crippen LogP contribution in [0.1, 0.15) is 33.6 Å². The van der Waals surface area contributed by atoms with Crippen LogP contribution in [0.3, 0.4) is 0 Å². The predicted molar refractivity (Wildman–Crippen MR) is 93.7 cm³/mol. The Morgan fingerprint density at radius 2 is 2.04 bits per heavy atom. The monoisotopic (exact) mass is 353 g/mol. The number of carboxylic acid groups (broad SMARTS) is 1. The van der Waals surface area contributed by atoms with Gasteiger partial charge in [0.1, 0.15) is 11.1 Å². The van der Waals surface area contributed by atoms with E-state index in [4.69, 9.17) is 5.11 Å². The lowest BCUT2D eigenvalue weighted by molar-refractivity contribution is -0.113. The molecule has 1 aliphatic carbocycles. The number of nitrogens with zero attached hydrogens (tertiary/aromatic N) is 2. The molecule has 25 heavy (non-hydrogen) atoms. The largest absolute Gasteiger partial charge is 0.478 e. The molecule has 1 amide bonds. The van der Waals surface area contributed by atoms with Crippen LogP contribution < -0.4 is 5.32 Å². The summed E-state index contributed by atoms with van der Waals surface area (Å²) >= 11 is 1.23. The third-order valence-corrected chi connectivity index (χ3v) is 4.88. The number of nitriles is 1. The van der Waals surface area contributed by atoms with Crippen molar-refractivity contribution in [2.75, 3.05) is 11.1 Å². The number of rotatable bonds is 5. The number of anilines is 1. The van der Waals surface area contributed by atoms with Gasteiger partial charge in [0.05, 0.1) is 16.9 Å². The van der Waals surface area contributed by atoms with Gasteiger partial charge in [-0.05, 0) is 55.2 Å². The van der Waals surface area contributed by atoms with Crippen LogP contribution in [0.4, 0.5) is 5.69 Å². The van der Waals surface area contributed by atoms with Crippen LogP contribution in [0, 0.1) is 11.3 Å². The summed E-state index contributed by atoms with van der Waals surface area (Å²) in [4.78, 5) is 27.4. The highest BCUT2D eigenvalue weighted by Gasteiger charge is 2.17. The van der Waals surface area contributed by atoms with Crippen LogP contribution in [0.2, 0.25) is 0 Å². The number of pyridine rings is 1. The second kappa shape index (κ2) is 7.36. The lowest BCUT2D eigenvalue weighted by Crippen LogP contribution is -2.14. The van der Waals surface area contributed by atoms with Crippen LogP contribution in [-0.2, 0) is 17.6 Å². The number of thioether (sulfide) groups is 1. The third-order valence-electron chi connectivity index (χ3n) is 3.89. The summed E-state index contributed by atoms with van der Waals surface area (Å²) in [5.74, 6) is -1.12. The lowest BCUT2D eigenvalue weighted by atomic mass is 10.2. The van der Waals surface area contributed by atoms with Gasteiger partial charge in [0, 0.05) is 11.4 Å². The highest BCUT2D eigenvalue weighted by Crippen LogP contribution is 2.27. The number of nitrogens with one attached hydrogen (secondary N) is 1. The molecular weight excluding hydrogens is 338 g/mol. The number of hydrogen-bond acceptors (Lipinski definition) is 5. The number of fused-ring (bicyclic) bond motifs is 1. The van der Waals surface area contributed by atoms with Gasteiger partial charge in [0.15, 0.2) is 0 Å². The van der Waals surface area contributed by atoms with Gasteiger partial charge in [0.25, 0.3) is 0 Å². The first-order chi connectivity index (χ1) is 12.1. The fraction of sp³-hybridized carbons (Fsp3) is 0.222. The predicted octanol–water partition coefficient (Wildman–Crippen LogP) is 2.87. The van der Waals surface area contributed by atoms with Gasteiger partial charge in [0.2, 0.25) is 5.91 Å². The Labute approximate surface area is 148 Å². The SMILES string of the molecule is N#Cc1cc2c(nc1SCC(=O)Nc1ccc(C(=O)O)cc1)CCC2. The maximum Gasteiger partial charge on any atom is 0.335 e. The summed E-state index contributed by atoms with van der Waals surface area (Å²) in [6.07, 6.45) is 2.92. The van der Waals surface area contributed by atoms with E-state index in [0.29, 0.717) is 16.3 Å². The molecule has 0 unspecified atom stereocenters. The Bertz CT molecular complexity index is 872. The number of carbonyl (C=O) groups is 2. The van der Waals surface area contributed by atoms with Crippen molar-refractivity contribution >= 4 is 29.3 Å². The topological polar surface area (TPSA) is 103 Å². The molecular formula is C18H15N3O3S. The van der Waals surface area contributed by atoms with Gasteiger partial charge in [-0.3, -0.25) is 4.79 Å². The maximum atomic E-state index is 12.1. The van der Waals surface area contributed by atoms with Gasteiger partial charge in [-0.2, -0.15) is 5.26 Å². The van der Waals surface area contributed by atoms with Crippen molar-refractivity contribution in [1.29, 1.82) is 5.26 Å². The summed E-state index contributed by atoms with van der Waals surface area (Å²) in [7, 11) is 0. The Morgan fingerprint density at radius 3 is 2.72 bits per heavy atom. The number of carbonyl (C=O) groups excluding carboxylic acids is 1. The molecule has 3 rings (SSSR count). The van der Waals surface area contributed by atoms with Crippen LogP contribution in [0.5, 0.6) is 0 Å². The van der Waals surface area contributed by atoms with E-state index in [-0.39, 0.29) is 17.2 Å². The molecule has 0 spiro atoms. The standard InChI is InChI=1S/C18H15N3O3S/c19-9-13-8-12-2-1-3-15(12)21-17(13)25-10-16(22)20-14-6-4-11(5-7-14)18(23)24/h4-8H,1-3,10H2,(H,20,22)(H,23,24). The number of amides is 1. The van der Waals surface area contributed by atoms with Crippen molar-refractivity contribution in [3.05, 3.63) is 52.7 Å². The molecule has 0 fully saturated rings. The van der Waals surface area contributed by atoms with Gasteiger partial charge >= 0.3 is 5.97 Å². The van der Waals surface area contributed by atoms with Crippen molar-refractivity contribution in [2.24, 2.45) is 0 Å². The molecule has 0 radical (unpaired) electrons. The summed E-state index contributed by atoms with van der Waals surface area (Å²) < 4.78 is 0. The van der Waals surface area contributed by atoms with E-state index < -0.39 is 5.97 Å². The molecule has 0 saturated heterocycles. The van der Waals surface area contributed by atoms with E-state index in [9.17, 15) is 14.9 Å². The smallest absolute Gasteiger partial charge is 0.335 e. The highest BCUT2D eigenvalue weighted by atomic mass is 32.2. The fourth-order valence-electron chi connectivity index (χ4n) is 2.67. The van der Waals surface area contributed by atoms with Crippen LogP contribution in [0.15, 0.2) is 35.4 Å². The molecule has 7 heteroatoms. The molecule has 0 atom stereocenters. The minimum atomic E-state index is -1.01. The number of aryl methyl sites for hydroxylation is 2. The van der Waals surface area contributed by atoms with Crippen LogP contribution in [0.25, 0.3) is 0 Å². The fourth-order valence-corrected chi connectivity index (χ4v) is 3.45. The molecule has 2 N–H and O–H groups in total. The lowest BCUT2D eigenvalue weighted by Gasteiger charge is -2.08. The van der Waals surface area contributed by atoms with E-state index in [1.165, 1.54) is 23.9 Å². The third kappa shape index (κ3) is 3.98. The molecule has 2 aromatic rings. The first kappa shape index (κ1) is 17.0. The number of aromatic nitrogens is 1. The normalized spacial score (nSPS) is 12.3. The average Bonchev–Trinajstić information content (AvgIpc) is 3.06. The van der Waals surface area contributed by atoms with Gasteiger partial charge in [-0.15, -0.1) is 0 Å². The summed E-state index contributed by atoms with van der Waals surface area (Å²) in [5.41, 5.74) is 3.34. The zero-order valence-electron chi connectivity index (χ0n) is 13.3. The molecule has 1 aromatic carbocycles. The second-order valence-electron chi connectivity index (χ2n) is 5.63. The quantitative estimate of drug-likeness (QED) is 0.801. The van der Waals surface area contributed by atoms with E-state index >= 15 is 0 Å². The summed E-state index contributed by atoms with van der Waals surface area (Å²) in [5, 5.41) is 21.4. The van der Waals surface area contributed by atoms with E-state index in [0.717, 1.165) is 30.5 Å². The molecule has 1 aromatic heterocycles. The van der Waals surface area contributed by atoms with Gasteiger partial charge < -0.3 is 10.4 Å². The highest BCUT2D eigenvalue weighted by molar-refractivity contribution is 8.00. The van der Waals surface area contributed by atoms with E-state index in [1.807, 2.05) is 6.07 Å². The molecule has 0 saturated carbocycles. The molecule has 0 aliphatic heterocycles. The van der Waals surface area contributed by atoms with Gasteiger partial charge in [-0.1, -0.05) is 11.8 Å². The van der Waals surface area contributed by atoms with Crippen molar-refractivity contribution < 1.29 is 14.7 Å². The number of hydrogen-bond donors (Lipinski definition) is 2. The second-order valence-corrected chi connectivity index (χ2v) is 6.60. The Kier molecular flexibility index (Phi) is 5.00. The average molecular weight is 353 g/mol. The first-order valence-corrected chi connectivity index (χ1v) is 8.74. The van der Waals surface area contributed by atoms with Crippen molar-refractivity contribution in [3.8, 4) is 6.07 Å². The number of carboxylic acids is 1. The maximum absolute atomic E-state index is 12.1. The number of benzene rings is 1. The summed E-state index contributed by atoms with van der Waals surface area (Å²) in [6.45, 7) is 0. The Balaban J connectivity index is 1.63. The first-order valence-electron chi connectivity index (χ1n) is 7.75. The van der Waals surface area contributed by atoms with Crippen molar-refractivity contribution in [3.63, 3.8) is 0 Å². The summed E-state index contributed by atoms with van der Waals surface area (Å²) in [6, 6.07) is 9.97. The zero-order chi connectivity index (χ0) is 17.8. The minimum absolute atomic E-state index is 0.126. The molecule has 6 nitrogen and oxygen atoms in total. The molecule has 1 aliphatic rings. The molecule has 0 bridgehead atoms. The van der Waals surface area contributed by atoms with Crippen molar-refractivity contribution in [1.82, 2.24) is 4.98 Å². The van der Waals surface area contributed by atoms with Crippen LogP contribution in [-0.4, -0.2) is 27.7 Å². The van der Waals surface area contributed by atoms with Crippen molar-refractivity contribution in [2.45, 2.75) is 24.3 Å². The Hall–Kier alpha value is -2.85. The van der Waals surface area contributed by atoms with Crippen LogP contribution >= 0.6 is 11.8 Å². The van der Waals surface area contributed by atoms with E-state index in [1.54, 1.807) is 12.1 Å². The van der Waals surface area contributed by atoms with E-state index in [2.05, 4.69) is 16.4 Å². The zero-order valence-corrected chi connectivity index (χ0v) is 14.1. The molecule has 1 heterocycles. The Morgan fingerprint density at radius 1 is 1.28 bits per heavy atom.